The van der Waals surface area contributed by atoms with Crippen LogP contribution in [0.2, 0.25) is 0 Å². The summed E-state index contributed by atoms with van der Waals surface area (Å²) in [6.45, 7) is 6.36. The van der Waals surface area contributed by atoms with Crippen LogP contribution in [0.4, 0.5) is 0 Å². The van der Waals surface area contributed by atoms with E-state index in [0.717, 1.165) is 32.0 Å². The lowest BCUT2D eigenvalue weighted by Crippen LogP contribution is -2.43. The van der Waals surface area contributed by atoms with Crippen LogP contribution in [-0.2, 0) is 11.3 Å². The number of fused-ring (bicyclic) bond motifs is 1. The maximum atomic E-state index is 6.28. The van der Waals surface area contributed by atoms with Gasteiger partial charge in [-0.2, -0.15) is 0 Å². The average molecular weight is 340 g/mol. The first kappa shape index (κ1) is 15.7. The number of aryl methyl sites for hydroxylation is 1. The molecular formula is C21H28N2O2. The molecular weight excluding hydrogens is 312 g/mol. The third kappa shape index (κ3) is 2.96. The Morgan fingerprint density at radius 1 is 1.28 bits per heavy atom. The summed E-state index contributed by atoms with van der Waals surface area (Å²) in [5.74, 6) is 1.10. The predicted molar refractivity (Wildman–Crippen MR) is 99.1 cm³/mol. The average Bonchev–Trinajstić information content (AvgIpc) is 3.10. The van der Waals surface area contributed by atoms with E-state index >= 15 is 0 Å². The molecule has 1 N–H and O–H groups in total. The van der Waals surface area contributed by atoms with Crippen LogP contribution in [0.1, 0.15) is 49.7 Å². The van der Waals surface area contributed by atoms with E-state index in [1.165, 1.54) is 60.6 Å². The number of aromatic amines is 1. The number of likely N-dealkylation sites (tertiary alicyclic amines) is 1. The van der Waals surface area contributed by atoms with Gasteiger partial charge in [-0.1, -0.05) is 0 Å². The molecule has 0 bridgehead atoms. The van der Waals surface area contributed by atoms with Gasteiger partial charge >= 0.3 is 0 Å². The van der Waals surface area contributed by atoms with Crippen molar-refractivity contribution in [3.63, 3.8) is 0 Å². The molecule has 2 aromatic rings. The molecule has 2 saturated heterocycles. The number of aromatic nitrogens is 1. The highest BCUT2D eigenvalue weighted by Crippen LogP contribution is 2.39. The van der Waals surface area contributed by atoms with Crippen LogP contribution in [0.15, 0.2) is 18.3 Å². The second-order valence-electron chi connectivity index (χ2n) is 8.16. The molecule has 1 spiro atoms. The lowest BCUT2D eigenvalue weighted by molar-refractivity contribution is -0.0447. The Bertz CT molecular complexity index is 762. The van der Waals surface area contributed by atoms with Crippen molar-refractivity contribution in [2.75, 3.05) is 19.7 Å². The predicted octanol–water partition coefficient (Wildman–Crippen LogP) is 4.16. The number of hydrogen-bond acceptors (Lipinski definition) is 3. The summed E-state index contributed by atoms with van der Waals surface area (Å²) in [6, 6.07) is 4.45. The van der Waals surface area contributed by atoms with E-state index < -0.39 is 0 Å². The molecule has 134 valence electrons. The molecule has 1 aromatic heterocycles. The lowest BCUT2D eigenvalue weighted by atomic mass is 9.88. The molecule has 25 heavy (non-hydrogen) atoms. The fourth-order valence-electron chi connectivity index (χ4n) is 4.56. The van der Waals surface area contributed by atoms with Crippen molar-refractivity contribution in [2.45, 2.75) is 63.7 Å². The molecule has 1 aromatic carbocycles. The van der Waals surface area contributed by atoms with Crippen molar-refractivity contribution >= 4 is 10.9 Å². The Kier molecular flexibility index (Phi) is 3.79. The van der Waals surface area contributed by atoms with Crippen molar-refractivity contribution < 1.29 is 9.47 Å². The highest BCUT2D eigenvalue weighted by atomic mass is 16.5. The van der Waals surface area contributed by atoms with Crippen LogP contribution in [0.3, 0.4) is 0 Å². The molecule has 2 aliphatic heterocycles. The van der Waals surface area contributed by atoms with Gasteiger partial charge in [0.05, 0.1) is 11.7 Å². The van der Waals surface area contributed by atoms with Crippen LogP contribution in [0.25, 0.3) is 10.9 Å². The Morgan fingerprint density at radius 3 is 2.84 bits per heavy atom. The zero-order valence-electron chi connectivity index (χ0n) is 15.1. The van der Waals surface area contributed by atoms with Crippen LogP contribution >= 0.6 is 0 Å². The van der Waals surface area contributed by atoms with Crippen molar-refractivity contribution in [1.82, 2.24) is 9.88 Å². The maximum absolute atomic E-state index is 6.28. The van der Waals surface area contributed by atoms with Gasteiger partial charge in [-0.05, 0) is 63.1 Å². The molecule has 3 heterocycles. The summed E-state index contributed by atoms with van der Waals surface area (Å²) in [5.41, 5.74) is 4.08. The molecule has 3 aliphatic rings. The molecule has 0 radical (unpaired) electrons. The Balaban J connectivity index is 1.40. The Labute approximate surface area is 149 Å². The molecule has 1 aliphatic carbocycles. The van der Waals surface area contributed by atoms with Gasteiger partial charge in [0, 0.05) is 48.9 Å². The first-order valence-corrected chi connectivity index (χ1v) is 9.85. The maximum Gasteiger partial charge on any atom is 0.125 e. The SMILES string of the molecule is Cc1cc(OC2CC2)c(CN2CCC3(CCCO3)CC2)c2cc[nH]c12. The third-order valence-corrected chi connectivity index (χ3v) is 6.26. The standard InChI is InChI=1S/C21H28N2O2/c1-15-13-19(25-16-3-4-16)18(17-5-9-22-20(15)17)14-23-10-7-21(8-11-23)6-2-12-24-21/h5,9,13,16,22H,2-4,6-8,10-12,14H2,1H3. The lowest BCUT2D eigenvalue weighted by Gasteiger charge is -2.38. The number of nitrogens with one attached hydrogen (secondary N) is 1. The zero-order valence-corrected chi connectivity index (χ0v) is 15.1. The molecule has 3 fully saturated rings. The van der Waals surface area contributed by atoms with E-state index in [1.807, 2.05) is 0 Å². The van der Waals surface area contributed by atoms with Crippen molar-refractivity contribution in [1.29, 1.82) is 0 Å². The minimum absolute atomic E-state index is 0.195. The quantitative estimate of drug-likeness (QED) is 0.908. The van der Waals surface area contributed by atoms with Crippen molar-refractivity contribution in [3.8, 4) is 5.75 Å². The van der Waals surface area contributed by atoms with Crippen molar-refractivity contribution in [2.24, 2.45) is 0 Å². The van der Waals surface area contributed by atoms with Crippen molar-refractivity contribution in [3.05, 3.63) is 29.5 Å². The first-order chi connectivity index (χ1) is 12.2. The van der Waals surface area contributed by atoms with Gasteiger partial charge < -0.3 is 14.5 Å². The molecule has 4 nitrogen and oxygen atoms in total. The minimum Gasteiger partial charge on any atom is -0.490 e. The summed E-state index contributed by atoms with van der Waals surface area (Å²) in [6.07, 6.45) is 9.73. The largest absolute Gasteiger partial charge is 0.490 e. The minimum atomic E-state index is 0.195. The van der Waals surface area contributed by atoms with Crippen LogP contribution < -0.4 is 4.74 Å². The van der Waals surface area contributed by atoms with Gasteiger partial charge in [0.2, 0.25) is 0 Å². The monoisotopic (exact) mass is 340 g/mol. The normalized spacial score (nSPS) is 23.6. The molecule has 0 unspecified atom stereocenters. The molecule has 1 saturated carbocycles. The first-order valence-electron chi connectivity index (χ1n) is 9.85. The molecule has 5 rings (SSSR count). The number of benzene rings is 1. The van der Waals surface area contributed by atoms with Gasteiger partial charge in [0.1, 0.15) is 5.75 Å². The van der Waals surface area contributed by atoms with E-state index in [4.69, 9.17) is 9.47 Å². The van der Waals surface area contributed by atoms with E-state index in [9.17, 15) is 0 Å². The number of nitrogens with zero attached hydrogens (tertiary/aromatic N) is 1. The topological polar surface area (TPSA) is 37.5 Å². The number of piperidine rings is 1. The Morgan fingerprint density at radius 2 is 2.12 bits per heavy atom. The smallest absolute Gasteiger partial charge is 0.125 e. The zero-order chi connectivity index (χ0) is 16.9. The fraction of sp³-hybridized carbons (Fsp3) is 0.619. The molecule has 0 atom stereocenters. The van der Waals surface area contributed by atoms with Crippen LogP contribution in [0, 0.1) is 6.92 Å². The van der Waals surface area contributed by atoms with Gasteiger partial charge in [-0.3, -0.25) is 4.90 Å². The summed E-state index contributed by atoms with van der Waals surface area (Å²) in [4.78, 5) is 5.99. The number of rotatable bonds is 4. The summed E-state index contributed by atoms with van der Waals surface area (Å²) < 4.78 is 12.4. The molecule has 4 heteroatoms. The second-order valence-corrected chi connectivity index (χ2v) is 8.16. The van der Waals surface area contributed by atoms with E-state index in [0.29, 0.717) is 6.10 Å². The fourth-order valence-corrected chi connectivity index (χ4v) is 4.56. The van der Waals surface area contributed by atoms with E-state index in [1.54, 1.807) is 0 Å². The summed E-state index contributed by atoms with van der Waals surface area (Å²) >= 11 is 0. The number of hydrogen-bond donors (Lipinski definition) is 1. The van der Waals surface area contributed by atoms with Crippen LogP contribution in [-0.4, -0.2) is 41.3 Å². The van der Waals surface area contributed by atoms with Gasteiger partial charge in [0.15, 0.2) is 0 Å². The number of H-pyrrole nitrogens is 1. The van der Waals surface area contributed by atoms with Gasteiger partial charge in [0.25, 0.3) is 0 Å². The molecule has 0 amide bonds. The van der Waals surface area contributed by atoms with E-state index in [2.05, 4.69) is 35.1 Å². The third-order valence-electron chi connectivity index (χ3n) is 6.26. The summed E-state index contributed by atoms with van der Waals surface area (Å²) in [5, 5.41) is 1.33. The van der Waals surface area contributed by atoms with E-state index in [-0.39, 0.29) is 5.60 Å². The second kappa shape index (κ2) is 6.03. The highest BCUT2D eigenvalue weighted by Gasteiger charge is 2.38. The highest BCUT2D eigenvalue weighted by molar-refractivity contribution is 5.88. The van der Waals surface area contributed by atoms with Gasteiger partial charge in [-0.15, -0.1) is 0 Å². The summed E-state index contributed by atoms with van der Waals surface area (Å²) in [7, 11) is 0. The Hall–Kier alpha value is -1.52. The van der Waals surface area contributed by atoms with Gasteiger partial charge in [-0.25, -0.2) is 0 Å². The number of ether oxygens (including phenoxy) is 2. The van der Waals surface area contributed by atoms with Crippen LogP contribution in [0.5, 0.6) is 5.75 Å².